The number of nitrogens with zero attached hydrogens (tertiary/aromatic N) is 2. The molecule has 4 rings (SSSR count). The molecule has 1 aromatic heterocycles. The van der Waals surface area contributed by atoms with Crippen LogP contribution in [0.5, 0.6) is 5.75 Å². The van der Waals surface area contributed by atoms with Crippen molar-refractivity contribution in [2.75, 3.05) is 5.32 Å². The van der Waals surface area contributed by atoms with Crippen LogP contribution in [0.25, 0.3) is 11.3 Å². The van der Waals surface area contributed by atoms with Gasteiger partial charge in [0.05, 0.1) is 11.6 Å². The molecule has 0 aliphatic carbocycles. The highest BCUT2D eigenvalue weighted by molar-refractivity contribution is 6.08. The van der Waals surface area contributed by atoms with Gasteiger partial charge < -0.3 is 14.6 Å². The molecule has 0 radical (unpaired) electrons. The van der Waals surface area contributed by atoms with Crippen molar-refractivity contribution in [2.45, 2.75) is 13.5 Å². The van der Waals surface area contributed by atoms with E-state index >= 15 is 0 Å². The minimum atomic E-state index is -0.309. The SMILES string of the molecule is Cc1onc(-c2ccccc2)c1C(=O)Nc1cccc(OCc2cccc(C#N)c2)c1. The van der Waals surface area contributed by atoms with Gasteiger partial charge in [-0.2, -0.15) is 5.26 Å². The third kappa shape index (κ3) is 4.62. The monoisotopic (exact) mass is 409 g/mol. The summed E-state index contributed by atoms with van der Waals surface area (Å²) in [7, 11) is 0. The molecule has 1 heterocycles. The van der Waals surface area contributed by atoms with Crippen LogP contribution < -0.4 is 10.1 Å². The van der Waals surface area contributed by atoms with Gasteiger partial charge in [0.15, 0.2) is 0 Å². The molecule has 0 atom stereocenters. The highest BCUT2D eigenvalue weighted by atomic mass is 16.5. The lowest BCUT2D eigenvalue weighted by Crippen LogP contribution is -2.13. The van der Waals surface area contributed by atoms with Crippen molar-refractivity contribution < 1.29 is 14.1 Å². The largest absolute Gasteiger partial charge is 0.489 e. The average Bonchev–Trinajstić information content (AvgIpc) is 3.20. The van der Waals surface area contributed by atoms with Crippen molar-refractivity contribution >= 4 is 11.6 Å². The van der Waals surface area contributed by atoms with Gasteiger partial charge in [0.25, 0.3) is 5.91 Å². The molecular formula is C25H19N3O3. The number of carbonyl (C=O) groups excluding carboxylic acids is 1. The predicted octanol–water partition coefficient (Wildman–Crippen LogP) is 5.35. The number of nitriles is 1. The predicted molar refractivity (Wildman–Crippen MR) is 117 cm³/mol. The quantitative estimate of drug-likeness (QED) is 0.464. The van der Waals surface area contributed by atoms with Gasteiger partial charge in [-0.3, -0.25) is 4.79 Å². The molecule has 4 aromatic rings. The third-order valence-electron chi connectivity index (χ3n) is 4.69. The number of nitrogens with one attached hydrogen (secondary N) is 1. The number of anilines is 1. The van der Waals surface area contributed by atoms with E-state index in [0.29, 0.717) is 40.6 Å². The molecule has 0 saturated carbocycles. The smallest absolute Gasteiger partial charge is 0.261 e. The summed E-state index contributed by atoms with van der Waals surface area (Å²) in [6, 6.07) is 25.9. The molecular weight excluding hydrogens is 390 g/mol. The third-order valence-corrected chi connectivity index (χ3v) is 4.69. The molecule has 152 valence electrons. The summed E-state index contributed by atoms with van der Waals surface area (Å²) < 4.78 is 11.1. The number of benzene rings is 3. The Labute approximate surface area is 179 Å². The van der Waals surface area contributed by atoms with Gasteiger partial charge in [-0.25, -0.2) is 0 Å². The van der Waals surface area contributed by atoms with Gasteiger partial charge in [0.1, 0.15) is 29.4 Å². The number of aromatic nitrogens is 1. The van der Waals surface area contributed by atoms with Gasteiger partial charge in [0.2, 0.25) is 0 Å². The lowest BCUT2D eigenvalue weighted by Gasteiger charge is -2.10. The molecule has 6 nitrogen and oxygen atoms in total. The fraction of sp³-hybridized carbons (Fsp3) is 0.0800. The summed E-state index contributed by atoms with van der Waals surface area (Å²) in [6.07, 6.45) is 0. The maximum Gasteiger partial charge on any atom is 0.261 e. The van der Waals surface area contributed by atoms with Crippen LogP contribution in [0.1, 0.15) is 27.2 Å². The van der Waals surface area contributed by atoms with E-state index in [1.165, 1.54) is 0 Å². The van der Waals surface area contributed by atoms with E-state index in [9.17, 15) is 4.79 Å². The number of hydrogen-bond acceptors (Lipinski definition) is 5. The van der Waals surface area contributed by atoms with E-state index in [-0.39, 0.29) is 5.91 Å². The molecule has 0 aliphatic heterocycles. The minimum Gasteiger partial charge on any atom is -0.489 e. The van der Waals surface area contributed by atoms with Crippen LogP contribution in [0.15, 0.2) is 83.4 Å². The molecule has 0 bridgehead atoms. The number of rotatable bonds is 6. The first-order chi connectivity index (χ1) is 15.1. The van der Waals surface area contributed by atoms with E-state index in [1.807, 2.05) is 48.5 Å². The zero-order valence-electron chi connectivity index (χ0n) is 16.8. The van der Waals surface area contributed by atoms with Crippen molar-refractivity contribution in [3.8, 4) is 23.1 Å². The zero-order chi connectivity index (χ0) is 21.6. The Morgan fingerprint density at radius 3 is 2.68 bits per heavy atom. The molecule has 0 saturated heterocycles. The van der Waals surface area contributed by atoms with Crippen LogP contribution in [0, 0.1) is 18.3 Å². The van der Waals surface area contributed by atoms with Crippen LogP contribution in [0.2, 0.25) is 0 Å². The molecule has 31 heavy (non-hydrogen) atoms. The number of ether oxygens (including phenoxy) is 1. The van der Waals surface area contributed by atoms with E-state index < -0.39 is 0 Å². The van der Waals surface area contributed by atoms with Crippen LogP contribution in [-0.4, -0.2) is 11.1 Å². The van der Waals surface area contributed by atoms with E-state index in [1.54, 1.807) is 37.3 Å². The van der Waals surface area contributed by atoms with Crippen molar-refractivity contribution in [3.63, 3.8) is 0 Å². The Bertz CT molecular complexity index is 1260. The van der Waals surface area contributed by atoms with Crippen molar-refractivity contribution in [3.05, 3.63) is 101 Å². The number of carbonyl (C=O) groups is 1. The first-order valence-electron chi connectivity index (χ1n) is 9.69. The Balaban J connectivity index is 1.49. The highest BCUT2D eigenvalue weighted by Gasteiger charge is 2.21. The average molecular weight is 409 g/mol. The Kier molecular flexibility index (Phi) is 5.77. The maximum absolute atomic E-state index is 13.0. The Hall–Kier alpha value is -4.37. The molecule has 6 heteroatoms. The second kappa shape index (κ2) is 8.97. The fourth-order valence-corrected chi connectivity index (χ4v) is 3.19. The van der Waals surface area contributed by atoms with Crippen LogP contribution in [0.3, 0.4) is 0 Å². The Morgan fingerprint density at radius 2 is 1.87 bits per heavy atom. The van der Waals surface area contributed by atoms with E-state index in [0.717, 1.165) is 11.1 Å². The molecule has 0 unspecified atom stereocenters. The minimum absolute atomic E-state index is 0.309. The van der Waals surface area contributed by atoms with Crippen LogP contribution in [0.4, 0.5) is 5.69 Å². The van der Waals surface area contributed by atoms with Crippen molar-refractivity contribution in [1.82, 2.24) is 5.16 Å². The van der Waals surface area contributed by atoms with E-state index in [2.05, 4.69) is 16.5 Å². The summed E-state index contributed by atoms with van der Waals surface area (Å²) in [5, 5.41) is 16.0. The summed E-state index contributed by atoms with van der Waals surface area (Å²) in [4.78, 5) is 13.0. The fourth-order valence-electron chi connectivity index (χ4n) is 3.19. The molecule has 0 spiro atoms. The normalized spacial score (nSPS) is 10.3. The standard InChI is InChI=1S/C25H19N3O3/c1-17-23(24(28-31-17)20-9-3-2-4-10-20)25(29)27-21-11-6-12-22(14-21)30-16-19-8-5-7-18(13-19)15-26/h2-14H,16H2,1H3,(H,27,29). The first-order valence-corrected chi connectivity index (χ1v) is 9.69. The van der Waals surface area contributed by atoms with E-state index in [4.69, 9.17) is 14.5 Å². The number of amides is 1. The lowest BCUT2D eigenvalue weighted by molar-refractivity contribution is 0.102. The molecule has 3 aromatic carbocycles. The highest BCUT2D eigenvalue weighted by Crippen LogP contribution is 2.27. The van der Waals surface area contributed by atoms with Gasteiger partial charge in [-0.05, 0) is 36.8 Å². The number of hydrogen-bond donors (Lipinski definition) is 1. The molecule has 0 fully saturated rings. The molecule has 0 aliphatic rings. The van der Waals surface area contributed by atoms with Gasteiger partial charge in [-0.1, -0.05) is 53.7 Å². The molecule has 1 N–H and O–H groups in total. The second-order valence-corrected chi connectivity index (χ2v) is 6.91. The summed E-state index contributed by atoms with van der Waals surface area (Å²) in [6.45, 7) is 2.03. The van der Waals surface area contributed by atoms with Gasteiger partial charge >= 0.3 is 0 Å². The maximum atomic E-state index is 13.0. The summed E-state index contributed by atoms with van der Waals surface area (Å²) >= 11 is 0. The van der Waals surface area contributed by atoms with Gasteiger partial charge in [0, 0.05) is 17.3 Å². The topological polar surface area (TPSA) is 88.2 Å². The van der Waals surface area contributed by atoms with Crippen molar-refractivity contribution in [1.29, 1.82) is 5.26 Å². The lowest BCUT2D eigenvalue weighted by atomic mass is 10.1. The summed E-state index contributed by atoms with van der Waals surface area (Å²) in [5.74, 6) is 0.739. The van der Waals surface area contributed by atoms with Crippen LogP contribution in [-0.2, 0) is 6.61 Å². The second-order valence-electron chi connectivity index (χ2n) is 6.91. The summed E-state index contributed by atoms with van der Waals surface area (Å²) in [5.41, 5.74) is 3.77. The number of aryl methyl sites for hydroxylation is 1. The molecule has 1 amide bonds. The van der Waals surface area contributed by atoms with Gasteiger partial charge in [-0.15, -0.1) is 0 Å². The van der Waals surface area contributed by atoms with Crippen molar-refractivity contribution in [2.24, 2.45) is 0 Å². The van der Waals surface area contributed by atoms with Crippen LogP contribution >= 0.6 is 0 Å². The Morgan fingerprint density at radius 1 is 1.06 bits per heavy atom. The zero-order valence-corrected chi connectivity index (χ0v) is 16.8. The first kappa shape index (κ1) is 19.9.